The molecular weight excluding hydrogens is 232 g/mol. The van der Waals surface area contributed by atoms with Gasteiger partial charge >= 0.3 is 5.97 Å². The fourth-order valence-electron chi connectivity index (χ4n) is 1.93. The number of hydrogen-bond donors (Lipinski definition) is 1. The summed E-state index contributed by atoms with van der Waals surface area (Å²) in [4.78, 5) is 13.7. The Kier molecular flexibility index (Phi) is 2.84. The third-order valence-corrected chi connectivity index (χ3v) is 3.39. The van der Waals surface area contributed by atoms with E-state index in [4.69, 9.17) is 15.2 Å². The van der Waals surface area contributed by atoms with Gasteiger partial charge in [0.2, 0.25) is 0 Å². The fraction of sp³-hybridized carbons (Fsp3) is 0.462. The summed E-state index contributed by atoms with van der Waals surface area (Å²) < 4.78 is 10.4. The molecule has 2 rings (SSSR count). The number of ether oxygens (including phenoxy) is 2. The smallest absolute Gasteiger partial charge is 0.340 e. The Labute approximate surface area is 106 Å². The van der Waals surface area contributed by atoms with Crippen molar-refractivity contribution in [3.8, 4) is 5.75 Å². The van der Waals surface area contributed by atoms with Gasteiger partial charge in [0.15, 0.2) is 0 Å². The van der Waals surface area contributed by atoms with Crippen molar-refractivity contribution in [1.82, 2.24) is 0 Å². The van der Waals surface area contributed by atoms with Gasteiger partial charge in [-0.15, -0.1) is 0 Å². The molecule has 18 heavy (non-hydrogen) atoms. The van der Waals surface area contributed by atoms with Gasteiger partial charge in [0.05, 0.1) is 23.9 Å². The normalized spacial score (nSPS) is 16.8. The number of likely N-dealkylation sites (N-methyl/N-ethyl adjacent to an activating group) is 1. The summed E-state index contributed by atoms with van der Waals surface area (Å²) in [6, 6.07) is 3.39. The molecule has 1 aliphatic rings. The van der Waals surface area contributed by atoms with Crippen LogP contribution in [0.3, 0.4) is 0 Å². The van der Waals surface area contributed by atoms with E-state index in [2.05, 4.69) is 18.7 Å². The van der Waals surface area contributed by atoms with E-state index in [1.165, 1.54) is 7.11 Å². The Morgan fingerprint density at radius 1 is 1.50 bits per heavy atom. The quantitative estimate of drug-likeness (QED) is 0.606. The molecule has 0 saturated heterocycles. The predicted molar refractivity (Wildman–Crippen MR) is 70.2 cm³/mol. The minimum absolute atomic E-state index is 0.128. The van der Waals surface area contributed by atoms with Gasteiger partial charge in [0.1, 0.15) is 12.4 Å². The first kappa shape index (κ1) is 12.5. The number of methoxy groups -OCH3 is 1. The first-order valence-electron chi connectivity index (χ1n) is 5.75. The van der Waals surface area contributed by atoms with Crippen molar-refractivity contribution in [1.29, 1.82) is 0 Å². The summed E-state index contributed by atoms with van der Waals surface area (Å²) in [5, 5.41) is 0. The monoisotopic (exact) mass is 250 g/mol. The SMILES string of the molecule is COC(=O)c1cc2c(cc1N)OCC(C)(C)N2C. The van der Waals surface area contributed by atoms with Crippen LogP contribution in [-0.4, -0.2) is 32.3 Å². The number of anilines is 2. The molecule has 1 heterocycles. The van der Waals surface area contributed by atoms with Crippen molar-refractivity contribution in [3.63, 3.8) is 0 Å². The average Bonchev–Trinajstić information content (AvgIpc) is 2.33. The number of hydrogen-bond acceptors (Lipinski definition) is 5. The molecule has 98 valence electrons. The highest BCUT2D eigenvalue weighted by Gasteiger charge is 2.32. The number of rotatable bonds is 1. The van der Waals surface area contributed by atoms with Gasteiger partial charge in [0.25, 0.3) is 0 Å². The molecule has 1 aromatic carbocycles. The van der Waals surface area contributed by atoms with Crippen LogP contribution in [0, 0.1) is 0 Å². The standard InChI is InChI=1S/C13H18N2O3/c1-13(2)7-18-11-6-9(14)8(12(16)17-4)5-10(11)15(13)3/h5-6H,7,14H2,1-4H3. The lowest BCUT2D eigenvalue weighted by atomic mass is 10.00. The van der Waals surface area contributed by atoms with E-state index in [0.717, 1.165) is 5.69 Å². The Morgan fingerprint density at radius 2 is 2.17 bits per heavy atom. The summed E-state index contributed by atoms with van der Waals surface area (Å²) in [5.41, 5.74) is 7.29. The van der Waals surface area contributed by atoms with Gasteiger partial charge in [-0.3, -0.25) is 0 Å². The van der Waals surface area contributed by atoms with Crippen LogP contribution < -0.4 is 15.4 Å². The number of nitrogens with two attached hydrogens (primary N) is 1. The molecule has 0 fully saturated rings. The Hall–Kier alpha value is -1.91. The second-order valence-electron chi connectivity index (χ2n) is 5.06. The van der Waals surface area contributed by atoms with Gasteiger partial charge in [-0.25, -0.2) is 4.79 Å². The van der Waals surface area contributed by atoms with Crippen molar-refractivity contribution in [2.24, 2.45) is 0 Å². The van der Waals surface area contributed by atoms with Crippen molar-refractivity contribution in [3.05, 3.63) is 17.7 Å². The van der Waals surface area contributed by atoms with Crippen LogP contribution in [-0.2, 0) is 4.74 Å². The second kappa shape index (κ2) is 4.08. The Bertz CT molecular complexity index is 497. The van der Waals surface area contributed by atoms with Crippen LogP contribution in [0.25, 0.3) is 0 Å². The predicted octanol–water partition coefficient (Wildman–Crippen LogP) is 1.66. The summed E-state index contributed by atoms with van der Waals surface area (Å²) >= 11 is 0. The molecule has 0 spiro atoms. The highest BCUT2D eigenvalue weighted by atomic mass is 16.5. The highest BCUT2D eigenvalue weighted by Crippen LogP contribution is 2.39. The first-order valence-corrected chi connectivity index (χ1v) is 5.75. The number of nitrogen functional groups attached to an aromatic ring is 1. The minimum Gasteiger partial charge on any atom is -0.489 e. The zero-order valence-electron chi connectivity index (χ0n) is 11.1. The van der Waals surface area contributed by atoms with Crippen LogP contribution in [0.1, 0.15) is 24.2 Å². The largest absolute Gasteiger partial charge is 0.489 e. The number of benzene rings is 1. The molecule has 0 atom stereocenters. The van der Waals surface area contributed by atoms with Crippen molar-refractivity contribution < 1.29 is 14.3 Å². The lowest BCUT2D eigenvalue weighted by Gasteiger charge is -2.42. The zero-order chi connectivity index (χ0) is 13.5. The molecule has 5 heteroatoms. The van der Waals surface area contributed by atoms with E-state index >= 15 is 0 Å². The number of carbonyl (C=O) groups is 1. The van der Waals surface area contributed by atoms with Crippen LogP contribution in [0.15, 0.2) is 12.1 Å². The fourth-order valence-corrected chi connectivity index (χ4v) is 1.93. The maximum atomic E-state index is 11.6. The van der Waals surface area contributed by atoms with Gasteiger partial charge in [-0.1, -0.05) is 0 Å². The number of esters is 1. The Morgan fingerprint density at radius 3 is 2.78 bits per heavy atom. The van der Waals surface area contributed by atoms with Crippen molar-refractivity contribution >= 4 is 17.3 Å². The maximum Gasteiger partial charge on any atom is 0.340 e. The van der Waals surface area contributed by atoms with Gasteiger partial charge in [0, 0.05) is 18.8 Å². The summed E-state index contributed by atoms with van der Waals surface area (Å²) in [6.45, 7) is 4.72. The molecule has 0 saturated carbocycles. The number of carbonyl (C=O) groups excluding carboxylic acids is 1. The average molecular weight is 250 g/mol. The lowest BCUT2D eigenvalue weighted by Crippen LogP contribution is -2.49. The summed E-state index contributed by atoms with van der Waals surface area (Å²) in [6.07, 6.45) is 0. The molecule has 0 unspecified atom stereocenters. The Balaban J connectivity index is 2.53. The third-order valence-electron chi connectivity index (χ3n) is 3.39. The van der Waals surface area contributed by atoms with Crippen LogP contribution in [0.4, 0.5) is 11.4 Å². The molecule has 1 aromatic rings. The topological polar surface area (TPSA) is 64.8 Å². The van der Waals surface area contributed by atoms with Crippen LogP contribution in [0.5, 0.6) is 5.75 Å². The van der Waals surface area contributed by atoms with Crippen molar-refractivity contribution in [2.45, 2.75) is 19.4 Å². The summed E-state index contributed by atoms with van der Waals surface area (Å²) in [5.74, 6) is 0.258. The van der Waals surface area contributed by atoms with Gasteiger partial charge in [-0.2, -0.15) is 0 Å². The molecule has 2 N–H and O–H groups in total. The molecule has 0 amide bonds. The summed E-state index contributed by atoms with van der Waals surface area (Å²) in [7, 11) is 3.31. The van der Waals surface area contributed by atoms with Gasteiger partial charge in [-0.05, 0) is 19.9 Å². The van der Waals surface area contributed by atoms with E-state index in [9.17, 15) is 4.79 Å². The third kappa shape index (κ3) is 1.85. The number of fused-ring (bicyclic) bond motifs is 1. The molecule has 0 bridgehead atoms. The van der Waals surface area contributed by atoms with E-state index < -0.39 is 5.97 Å². The van der Waals surface area contributed by atoms with E-state index in [0.29, 0.717) is 23.6 Å². The molecule has 5 nitrogen and oxygen atoms in total. The molecule has 0 aliphatic carbocycles. The van der Waals surface area contributed by atoms with E-state index in [1.807, 2.05) is 7.05 Å². The molecular formula is C13H18N2O3. The van der Waals surface area contributed by atoms with Gasteiger partial charge < -0.3 is 20.1 Å². The molecule has 0 aromatic heterocycles. The molecule has 0 radical (unpaired) electrons. The minimum atomic E-state index is -0.438. The highest BCUT2D eigenvalue weighted by molar-refractivity contribution is 5.97. The maximum absolute atomic E-state index is 11.6. The number of nitrogens with zero attached hydrogens (tertiary/aromatic N) is 1. The zero-order valence-corrected chi connectivity index (χ0v) is 11.1. The lowest BCUT2D eigenvalue weighted by molar-refractivity contribution is 0.0602. The second-order valence-corrected chi connectivity index (χ2v) is 5.06. The first-order chi connectivity index (χ1) is 8.36. The van der Waals surface area contributed by atoms with Crippen LogP contribution in [0.2, 0.25) is 0 Å². The van der Waals surface area contributed by atoms with Crippen LogP contribution >= 0.6 is 0 Å². The molecule has 1 aliphatic heterocycles. The van der Waals surface area contributed by atoms with E-state index in [-0.39, 0.29) is 5.54 Å². The van der Waals surface area contributed by atoms with Crippen molar-refractivity contribution in [2.75, 3.05) is 31.4 Å². The van der Waals surface area contributed by atoms with E-state index in [1.54, 1.807) is 12.1 Å².